The Balaban J connectivity index is 1.60. The summed E-state index contributed by atoms with van der Waals surface area (Å²) in [6, 6.07) is 8.61. The van der Waals surface area contributed by atoms with Gasteiger partial charge in [0.15, 0.2) is 0 Å². The highest BCUT2D eigenvalue weighted by Crippen LogP contribution is 2.46. The third-order valence-electron chi connectivity index (χ3n) is 5.27. The Kier molecular flexibility index (Phi) is 4.19. The van der Waals surface area contributed by atoms with E-state index in [2.05, 4.69) is 34.7 Å². The van der Waals surface area contributed by atoms with E-state index in [0.717, 1.165) is 30.7 Å². The molecule has 2 aliphatic rings. The Labute approximate surface area is 142 Å². The zero-order valence-corrected chi connectivity index (χ0v) is 13.9. The lowest BCUT2D eigenvalue weighted by molar-refractivity contribution is 0.00416. The maximum absolute atomic E-state index is 9.05. The van der Waals surface area contributed by atoms with Crippen LogP contribution in [0.3, 0.4) is 0 Å². The number of nitrogens with zero attached hydrogens (tertiary/aromatic N) is 2. The largest absolute Gasteiger partial charge is 0.487 e. The lowest BCUT2D eigenvalue weighted by Gasteiger charge is -2.44. The minimum atomic E-state index is -0.0225. The van der Waals surface area contributed by atoms with Crippen LogP contribution in [0.5, 0.6) is 5.75 Å². The summed E-state index contributed by atoms with van der Waals surface area (Å²) in [6.07, 6.45) is 10.9. The van der Waals surface area contributed by atoms with Crippen molar-refractivity contribution in [1.29, 1.82) is 0 Å². The van der Waals surface area contributed by atoms with Gasteiger partial charge in [0.2, 0.25) is 0 Å². The summed E-state index contributed by atoms with van der Waals surface area (Å²) in [5.74, 6) is 1.02. The van der Waals surface area contributed by atoms with E-state index >= 15 is 0 Å². The van der Waals surface area contributed by atoms with Crippen LogP contribution in [-0.2, 0) is 6.54 Å². The Morgan fingerprint density at radius 1 is 1.25 bits per heavy atom. The molecule has 1 aliphatic carbocycles. The van der Waals surface area contributed by atoms with Crippen molar-refractivity contribution in [3.8, 4) is 5.75 Å². The van der Waals surface area contributed by atoms with Gasteiger partial charge in [-0.3, -0.25) is 4.68 Å². The number of fused-ring (bicyclic) bond motifs is 1. The van der Waals surface area contributed by atoms with E-state index in [1.807, 2.05) is 12.4 Å². The molecule has 2 aromatic rings. The Morgan fingerprint density at radius 2 is 2.08 bits per heavy atom. The van der Waals surface area contributed by atoms with Gasteiger partial charge in [0.1, 0.15) is 11.4 Å². The molecule has 1 fully saturated rings. The molecule has 2 heterocycles. The SMILES string of the molecule is OCCn1cc(NC2CC3(CCCCC3)Oc3ccccc32)cn1. The van der Waals surface area contributed by atoms with Crippen LogP contribution in [0.15, 0.2) is 36.7 Å². The van der Waals surface area contributed by atoms with Gasteiger partial charge in [-0.2, -0.15) is 5.10 Å². The summed E-state index contributed by atoms with van der Waals surface area (Å²) in [6.45, 7) is 0.625. The average molecular weight is 327 g/mol. The number of benzene rings is 1. The number of aliphatic hydroxyl groups excluding tert-OH is 1. The molecule has 0 radical (unpaired) electrons. The summed E-state index contributed by atoms with van der Waals surface area (Å²) in [5, 5.41) is 17.0. The van der Waals surface area contributed by atoms with Gasteiger partial charge in [0.25, 0.3) is 0 Å². The first-order chi connectivity index (χ1) is 11.8. The molecule has 1 spiro atoms. The van der Waals surface area contributed by atoms with E-state index < -0.39 is 0 Å². The van der Waals surface area contributed by atoms with E-state index in [1.165, 1.54) is 24.8 Å². The highest BCUT2D eigenvalue weighted by molar-refractivity contribution is 5.47. The predicted octanol–water partition coefficient (Wildman–Crippen LogP) is 3.51. The van der Waals surface area contributed by atoms with Gasteiger partial charge in [-0.25, -0.2) is 0 Å². The molecule has 5 heteroatoms. The van der Waals surface area contributed by atoms with Gasteiger partial charge in [-0.1, -0.05) is 24.6 Å². The van der Waals surface area contributed by atoms with Crippen LogP contribution < -0.4 is 10.1 Å². The number of nitrogens with one attached hydrogen (secondary N) is 1. The number of ether oxygens (including phenoxy) is 1. The smallest absolute Gasteiger partial charge is 0.125 e. The highest BCUT2D eigenvalue weighted by Gasteiger charge is 2.41. The molecule has 24 heavy (non-hydrogen) atoms. The van der Waals surface area contributed by atoms with Crippen LogP contribution in [0, 0.1) is 0 Å². The summed E-state index contributed by atoms with van der Waals surface area (Å²) >= 11 is 0. The van der Waals surface area contributed by atoms with Gasteiger partial charge in [0, 0.05) is 18.2 Å². The normalized spacial score (nSPS) is 22.0. The molecule has 0 bridgehead atoms. The number of aliphatic hydroxyl groups is 1. The first-order valence-corrected chi connectivity index (χ1v) is 8.96. The van der Waals surface area contributed by atoms with E-state index in [1.54, 1.807) is 4.68 Å². The number of rotatable bonds is 4. The molecular weight excluding hydrogens is 302 g/mol. The molecule has 1 unspecified atom stereocenters. The van der Waals surface area contributed by atoms with Crippen molar-refractivity contribution in [3.63, 3.8) is 0 Å². The Bertz CT molecular complexity index is 691. The Hall–Kier alpha value is -2.01. The molecule has 0 amide bonds. The molecular formula is C19H25N3O2. The maximum Gasteiger partial charge on any atom is 0.125 e. The molecule has 1 saturated carbocycles. The zero-order valence-electron chi connectivity index (χ0n) is 13.9. The van der Waals surface area contributed by atoms with E-state index in [9.17, 15) is 0 Å². The standard InChI is InChI=1S/C19H25N3O2/c23-11-10-22-14-15(13-20-22)21-17-12-19(8-4-1-5-9-19)24-18-7-3-2-6-16(17)18/h2-3,6-7,13-14,17,21,23H,1,4-5,8-12H2. The van der Waals surface area contributed by atoms with E-state index in [0.29, 0.717) is 6.54 Å². The predicted molar refractivity (Wildman–Crippen MR) is 93.2 cm³/mol. The first kappa shape index (κ1) is 15.5. The van der Waals surface area contributed by atoms with Crippen LogP contribution in [0.2, 0.25) is 0 Å². The molecule has 1 aromatic heterocycles. The topological polar surface area (TPSA) is 59.3 Å². The fourth-order valence-corrected chi connectivity index (χ4v) is 4.11. The number of anilines is 1. The van der Waals surface area contributed by atoms with Gasteiger partial charge in [-0.15, -0.1) is 0 Å². The number of hydrogen-bond donors (Lipinski definition) is 2. The highest BCUT2D eigenvalue weighted by atomic mass is 16.5. The fourth-order valence-electron chi connectivity index (χ4n) is 4.11. The van der Waals surface area contributed by atoms with Crippen molar-refractivity contribution in [3.05, 3.63) is 42.2 Å². The Morgan fingerprint density at radius 3 is 2.92 bits per heavy atom. The van der Waals surface area contributed by atoms with Crippen molar-refractivity contribution in [2.45, 2.75) is 56.7 Å². The second-order valence-electron chi connectivity index (χ2n) is 7.00. The molecule has 128 valence electrons. The lowest BCUT2D eigenvalue weighted by atomic mass is 9.77. The van der Waals surface area contributed by atoms with Crippen LogP contribution in [0.4, 0.5) is 5.69 Å². The van der Waals surface area contributed by atoms with Crippen LogP contribution >= 0.6 is 0 Å². The minimum Gasteiger partial charge on any atom is -0.487 e. The van der Waals surface area contributed by atoms with Gasteiger partial charge < -0.3 is 15.2 Å². The second-order valence-corrected chi connectivity index (χ2v) is 7.00. The van der Waals surface area contributed by atoms with Crippen molar-refractivity contribution < 1.29 is 9.84 Å². The van der Waals surface area contributed by atoms with Crippen molar-refractivity contribution >= 4 is 5.69 Å². The average Bonchev–Trinajstić information content (AvgIpc) is 3.03. The van der Waals surface area contributed by atoms with Crippen LogP contribution in [-0.4, -0.2) is 27.1 Å². The van der Waals surface area contributed by atoms with Gasteiger partial charge in [0.05, 0.1) is 31.1 Å². The molecule has 1 aliphatic heterocycles. The molecule has 4 rings (SSSR count). The zero-order chi connectivity index (χ0) is 16.4. The number of hydrogen-bond acceptors (Lipinski definition) is 4. The molecule has 0 saturated heterocycles. The monoisotopic (exact) mass is 327 g/mol. The van der Waals surface area contributed by atoms with Crippen LogP contribution in [0.25, 0.3) is 0 Å². The molecule has 1 aromatic carbocycles. The van der Waals surface area contributed by atoms with Gasteiger partial charge in [-0.05, 0) is 31.7 Å². The quantitative estimate of drug-likeness (QED) is 0.902. The third kappa shape index (κ3) is 3.00. The molecule has 2 N–H and O–H groups in total. The van der Waals surface area contributed by atoms with E-state index in [4.69, 9.17) is 9.84 Å². The minimum absolute atomic E-state index is 0.0225. The maximum atomic E-state index is 9.05. The third-order valence-corrected chi connectivity index (χ3v) is 5.27. The second kappa shape index (κ2) is 6.48. The van der Waals surface area contributed by atoms with Crippen LogP contribution in [0.1, 0.15) is 50.1 Å². The van der Waals surface area contributed by atoms with E-state index in [-0.39, 0.29) is 18.2 Å². The lowest BCUT2D eigenvalue weighted by Crippen LogP contribution is -2.44. The summed E-state index contributed by atoms with van der Waals surface area (Å²) in [5.41, 5.74) is 2.20. The van der Waals surface area contributed by atoms with Crippen molar-refractivity contribution in [2.75, 3.05) is 11.9 Å². The van der Waals surface area contributed by atoms with Gasteiger partial charge >= 0.3 is 0 Å². The summed E-state index contributed by atoms with van der Waals surface area (Å²) < 4.78 is 8.25. The summed E-state index contributed by atoms with van der Waals surface area (Å²) in [7, 11) is 0. The first-order valence-electron chi connectivity index (χ1n) is 8.96. The molecule has 1 atom stereocenters. The summed E-state index contributed by atoms with van der Waals surface area (Å²) in [4.78, 5) is 0. The number of aromatic nitrogens is 2. The van der Waals surface area contributed by atoms with Crippen molar-refractivity contribution in [2.24, 2.45) is 0 Å². The fraction of sp³-hybridized carbons (Fsp3) is 0.526. The van der Waals surface area contributed by atoms with Crippen molar-refractivity contribution in [1.82, 2.24) is 9.78 Å². The molecule has 5 nitrogen and oxygen atoms in total. The number of para-hydroxylation sites is 1.